The van der Waals surface area contributed by atoms with E-state index in [0.717, 1.165) is 0 Å². The number of hydrazone groups is 2. The second-order valence-electron chi connectivity index (χ2n) is 1.10. The molecule has 7 heavy (non-hydrogen) atoms. The van der Waals surface area contributed by atoms with Crippen LogP contribution in [0, 0.1) is 0 Å². The summed E-state index contributed by atoms with van der Waals surface area (Å²) in [6.45, 7) is 0. The summed E-state index contributed by atoms with van der Waals surface area (Å²) in [5.74, 6) is 0. The third kappa shape index (κ3) is 0.972. The van der Waals surface area contributed by atoms with Crippen molar-refractivity contribution in [2.75, 3.05) is 0 Å². The van der Waals surface area contributed by atoms with E-state index in [0.29, 0.717) is 11.7 Å². The van der Waals surface area contributed by atoms with Gasteiger partial charge in [0.15, 0.2) is 0 Å². The van der Waals surface area contributed by atoms with Crippen LogP contribution in [-0.2, 0) is 0 Å². The average Bonchev–Trinajstić information content (AvgIpc) is 1.69. The van der Waals surface area contributed by atoms with Gasteiger partial charge in [0.05, 0.1) is 0 Å². The molecule has 0 fully saturated rings. The molecule has 0 saturated heterocycles. The van der Waals surface area contributed by atoms with Gasteiger partial charge in [-0.15, -0.1) is 10.2 Å². The maximum atomic E-state index is 8.35. The van der Waals surface area contributed by atoms with Crippen LogP contribution in [0.1, 0.15) is 6.42 Å². The highest BCUT2D eigenvalue weighted by atomic mass is 16.6. The maximum absolute atomic E-state index is 8.35. The standard InChI is InChI=1S/C3H5N3O/c7-6-4-2-1-3-5-6/h2-3,7H,1H2. The normalized spacial score (nSPS) is 18.1. The summed E-state index contributed by atoms with van der Waals surface area (Å²) in [4.78, 5) is 0. The average molecular weight is 99.1 g/mol. The molecule has 0 unspecified atom stereocenters. The van der Waals surface area contributed by atoms with Crippen LogP contribution in [0.25, 0.3) is 0 Å². The zero-order chi connectivity index (χ0) is 5.11. The van der Waals surface area contributed by atoms with Gasteiger partial charge in [-0.2, -0.15) is 0 Å². The highest BCUT2D eigenvalue weighted by Gasteiger charge is 1.88. The molecule has 1 aliphatic heterocycles. The number of hydrogen-bond donors (Lipinski definition) is 1. The molecule has 0 aromatic heterocycles. The van der Waals surface area contributed by atoms with Crippen molar-refractivity contribution in [2.24, 2.45) is 10.2 Å². The van der Waals surface area contributed by atoms with Gasteiger partial charge >= 0.3 is 0 Å². The van der Waals surface area contributed by atoms with Gasteiger partial charge in [-0.25, -0.2) is 0 Å². The fraction of sp³-hybridized carbons (Fsp3) is 0.333. The third-order valence-corrected chi connectivity index (χ3v) is 0.581. The summed E-state index contributed by atoms with van der Waals surface area (Å²) in [5.41, 5.74) is 0. The predicted molar refractivity (Wildman–Crippen MR) is 25.2 cm³/mol. The summed E-state index contributed by atoms with van der Waals surface area (Å²) in [6, 6.07) is 0. The zero-order valence-corrected chi connectivity index (χ0v) is 3.65. The molecule has 0 aromatic carbocycles. The van der Waals surface area contributed by atoms with Gasteiger partial charge < -0.3 is 0 Å². The molecule has 0 bridgehead atoms. The largest absolute Gasteiger partial charge is 0.251 e. The molecule has 0 atom stereocenters. The van der Waals surface area contributed by atoms with Crippen LogP contribution in [0.15, 0.2) is 10.2 Å². The van der Waals surface area contributed by atoms with Crippen molar-refractivity contribution in [1.82, 2.24) is 5.28 Å². The van der Waals surface area contributed by atoms with E-state index in [2.05, 4.69) is 10.2 Å². The monoisotopic (exact) mass is 99.0 g/mol. The first kappa shape index (κ1) is 4.26. The Morgan fingerprint density at radius 2 is 2.00 bits per heavy atom. The molecule has 0 spiro atoms. The van der Waals surface area contributed by atoms with Crippen molar-refractivity contribution >= 4 is 12.4 Å². The highest BCUT2D eigenvalue weighted by Crippen LogP contribution is 1.87. The van der Waals surface area contributed by atoms with Gasteiger partial charge in [0, 0.05) is 18.9 Å². The van der Waals surface area contributed by atoms with Crippen LogP contribution < -0.4 is 0 Å². The van der Waals surface area contributed by atoms with Crippen molar-refractivity contribution in [2.45, 2.75) is 6.42 Å². The molecule has 0 saturated carbocycles. The predicted octanol–water partition coefficient (Wildman–Crippen LogP) is 0.0529. The molecule has 4 nitrogen and oxygen atoms in total. The van der Waals surface area contributed by atoms with Gasteiger partial charge in [-0.05, 0) is 0 Å². The first-order valence-corrected chi connectivity index (χ1v) is 1.93. The Balaban J connectivity index is 2.49. The first-order chi connectivity index (χ1) is 3.39. The number of rotatable bonds is 0. The van der Waals surface area contributed by atoms with Crippen LogP contribution in [0.4, 0.5) is 0 Å². The smallest absolute Gasteiger partial charge is 0.0346 e. The van der Waals surface area contributed by atoms with E-state index in [4.69, 9.17) is 5.21 Å². The lowest BCUT2D eigenvalue weighted by atomic mass is 10.5. The summed E-state index contributed by atoms with van der Waals surface area (Å²) >= 11 is 0. The summed E-state index contributed by atoms with van der Waals surface area (Å²) in [5, 5.41) is 15.7. The van der Waals surface area contributed by atoms with Gasteiger partial charge in [-0.1, -0.05) is 5.28 Å². The van der Waals surface area contributed by atoms with Crippen LogP contribution in [0.5, 0.6) is 0 Å². The summed E-state index contributed by atoms with van der Waals surface area (Å²) in [6.07, 6.45) is 3.83. The van der Waals surface area contributed by atoms with Crippen LogP contribution in [-0.4, -0.2) is 22.9 Å². The fourth-order valence-corrected chi connectivity index (χ4v) is 0.317. The highest BCUT2D eigenvalue weighted by molar-refractivity contribution is 5.79. The van der Waals surface area contributed by atoms with E-state index in [1.54, 1.807) is 12.4 Å². The molecule has 0 aliphatic carbocycles. The van der Waals surface area contributed by atoms with E-state index < -0.39 is 0 Å². The van der Waals surface area contributed by atoms with E-state index in [-0.39, 0.29) is 0 Å². The molecular weight excluding hydrogens is 94.1 g/mol. The molecule has 1 heterocycles. The van der Waals surface area contributed by atoms with Crippen LogP contribution in [0.2, 0.25) is 0 Å². The van der Waals surface area contributed by atoms with Gasteiger partial charge in [-0.3, -0.25) is 5.21 Å². The quantitative estimate of drug-likeness (QED) is 0.466. The summed E-state index contributed by atoms with van der Waals surface area (Å²) < 4.78 is 0. The Bertz CT molecular complexity index is 96.7. The van der Waals surface area contributed by atoms with Crippen molar-refractivity contribution in [3.05, 3.63) is 0 Å². The fourth-order valence-electron chi connectivity index (χ4n) is 0.317. The SMILES string of the molecule is ON1N=CCC=N1. The van der Waals surface area contributed by atoms with Crippen molar-refractivity contribution in [3.63, 3.8) is 0 Å². The Hall–Kier alpha value is -0.900. The maximum Gasteiger partial charge on any atom is 0.0346 e. The molecule has 1 aliphatic rings. The van der Waals surface area contributed by atoms with Crippen LogP contribution >= 0.6 is 0 Å². The zero-order valence-electron chi connectivity index (χ0n) is 3.65. The second kappa shape index (κ2) is 1.70. The molecule has 0 radical (unpaired) electrons. The molecule has 1 N–H and O–H groups in total. The minimum absolute atomic E-state index is 0.531. The van der Waals surface area contributed by atoms with E-state index >= 15 is 0 Å². The van der Waals surface area contributed by atoms with Gasteiger partial charge in [0.1, 0.15) is 0 Å². The molecule has 0 amide bonds. The number of nitrogens with zero attached hydrogens (tertiary/aromatic N) is 3. The summed E-state index contributed by atoms with van der Waals surface area (Å²) in [7, 11) is 0. The van der Waals surface area contributed by atoms with Gasteiger partial charge in [0.2, 0.25) is 0 Å². The Morgan fingerprint density at radius 1 is 1.43 bits per heavy atom. The van der Waals surface area contributed by atoms with Crippen LogP contribution in [0.3, 0.4) is 0 Å². The van der Waals surface area contributed by atoms with Crippen molar-refractivity contribution in [3.8, 4) is 0 Å². The van der Waals surface area contributed by atoms with E-state index in [1.165, 1.54) is 0 Å². The Kier molecular flexibility index (Phi) is 1.04. The van der Waals surface area contributed by atoms with Crippen molar-refractivity contribution in [1.29, 1.82) is 0 Å². The topological polar surface area (TPSA) is 48.2 Å². The van der Waals surface area contributed by atoms with Crippen molar-refractivity contribution < 1.29 is 5.21 Å². The lowest BCUT2D eigenvalue weighted by Gasteiger charge is -2.02. The second-order valence-corrected chi connectivity index (χ2v) is 1.10. The molecule has 38 valence electrons. The Morgan fingerprint density at radius 3 is 2.29 bits per heavy atom. The Labute approximate surface area is 40.7 Å². The third-order valence-electron chi connectivity index (χ3n) is 0.581. The van der Waals surface area contributed by atoms with Gasteiger partial charge in [0.25, 0.3) is 0 Å². The molecule has 1 rings (SSSR count). The van der Waals surface area contributed by atoms with E-state index in [9.17, 15) is 0 Å². The first-order valence-electron chi connectivity index (χ1n) is 1.93. The lowest BCUT2D eigenvalue weighted by molar-refractivity contribution is -0.0883. The minimum Gasteiger partial charge on any atom is -0.251 e. The molecule has 0 aromatic rings. The molecular formula is C3H5N3O. The van der Waals surface area contributed by atoms with E-state index in [1.807, 2.05) is 0 Å². The minimum atomic E-state index is 0.531. The lowest BCUT2D eigenvalue weighted by Crippen LogP contribution is -2.07. The number of hydrogen-bond acceptors (Lipinski definition) is 4. The molecule has 4 heteroatoms.